The van der Waals surface area contributed by atoms with Crippen LogP contribution in [-0.2, 0) is 6.54 Å². The molecule has 0 aromatic heterocycles. The molecule has 4 nitrogen and oxygen atoms in total. The molecule has 3 atom stereocenters. The third-order valence-electron chi connectivity index (χ3n) is 4.76. The number of benzene rings is 1. The number of fused-ring (bicyclic) bond motifs is 2. The third kappa shape index (κ3) is 2.38. The molecule has 0 spiro atoms. The highest BCUT2D eigenvalue weighted by molar-refractivity contribution is 5.97. The molecule has 1 aromatic rings. The van der Waals surface area contributed by atoms with Crippen molar-refractivity contribution in [2.24, 2.45) is 22.7 Å². The monoisotopic (exact) mass is 277 g/mol. The Morgan fingerprint density at radius 3 is 2.90 bits per heavy atom. The van der Waals surface area contributed by atoms with E-state index in [1.54, 1.807) is 12.1 Å². The van der Waals surface area contributed by atoms with E-state index in [2.05, 4.69) is 10.5 Å². The quantitative estimate of drug-likeness (QED) is 0.342. The van der Waals surface area contributed by atoms with Gasteiger partial charge >= 0.3 is 0 Å². The summed E-state index contributed by atoms with van der Waals surface area (Å²) in [7, 11) is 0. The van der Waals surface area contributed by atoms with Crippen LogP contribution in [0.2, 0.25) is 0 Å². The van der Waals surface area contributed by atoms with Crippen LogP contribution in [-0.4, -0.2) is 17.1 Å². The Hall–Kier alpha value is -1.62. The number of halogens is 1. The molecule has 5 heteroatoms. The first kappa shape index (κ1) is 13.4. The maximum absolute atomic E-state index is 14.3. The minimum absolute atomic E-state index is 0.153. The highest BCUT2D eigenvalue weighted by Crippen LogP contribution is 2.44. The predicted octanol–water partition coefficient (Wildman–Crippen LogP) is 2.20. The van der Waals surface area contributed by atoms with E-state index in [0.717, 1.165) is 11.8 Å². The first-order valence-electron chi connectivity index (χ1n) is 7.17. The molecule has 2 aliphatic carbocycles. The zero-order valence-corrected chi connectivity index (χ0v) is 11.3. The summed E-state index contributed by atoms with van der Waals surface area (Å²) in [6.45, 7) is 0.492. The van der Waals surface area contributed by atoms with E-state index in [1.165, 1.54) is 31.7 Å². The van der Waals surface area contributed by atoms with Crippen molar-refractivity contribution in [3.63, 3.8) is 0 Å². The van der Waals surface area contributed by atoms with Crippen LogP contribution in [0, 0.1) is 17.7 Å². The lowest BCUT2D eigenvalue weighted by atomic mass is 9.95. The van der Waals surface area contributed by atoms with Gasteiger partial charge in [-0.25, -0.2) is 4.39 Å². The number of nitrogens with zero attached hydrogens (tertiary/aromatic N) is 1. The fraction of sp³-hybridized carbons (Fsp3) is 0.533. The first-order chi connectivity index (χ1) is 9.69. The maximum atomic E-state index is 14.3. The molecule has 0 radical (unpaired) electrons. The Morgan fingerprint density at radius 2 is 2.25 bits per heavy atom. The lowest BCUT2D eigenvalue weighted by molar-refractivity contribution is 0.318. The van der Waals surface area contributed by atoms with Gasteiger partial charge in [-0.3, -0.25) is 0 Å². The fourth-order valence-electron chi connectivity index (χ4n) is 3.70. The van der Waals surface area contributed by atoms with E-state index in [1.807, 2.05) is 0 Å². The second-order valence-corrected chi connectivity index (χ2v) is 5.93. The molecular formula is C15H20FN3O. The molecule has 0 amide bonds. The van der Waals surface area contributed by atoms with E-state index in [-0.39, 0.29) is 11.4 Å². The van der Waals surface area contributed by atoms with E-state index in [0.29, 0.717) is 18.2 Å². The average Bonchev–Trinajstić information content (AvgIpc) is 3.08. The van der Waals surface area contributed by atoms with Crippen molar-refractivity contribution in [1.29, 1.82) is 0 Å². The predicted molar refractivity (Wildman–Crippen MR) is 75.0 cm³/mol. The first-order valence-corrected chi connectivity index (χ1v) is 7.17. The van der Waals surface area contributed by atoms with Crippen LogP contribution in [0.15, 0.2) is 23.4 Å². The molecule has 2 fully saturated rings. The molecule has 20 heavy (non-hydrogen) atoms. The van der Waals surface area contributed by atoms with Crippen molar-refractivity contribution in [3.05, 3.63) is 35.1 Å². The molecule has 4 N–H and O–H groups in total. The van der Waals surface area contributed by atoms with Crippen LogP contribution < -0.4 is 11.1 Å². The highest BCUT2D eigenvalue weighted by atomic mass is 19.1. The van der Waals surface area contributed by atoms with Gasteiger partial charge in [0.25, 0.3) is 0 Å². The topological polar surface area (TPSA) is 70.6 Å². The van der Waals surface area contributed by atoms with Crippen molar-refractivity contribution >= 4 is 5.84 Å². The number of rotatable bonds is 4. The second kappa shape index (κ2) is 5.40. The van der Waals surface area contributed by atoms with Crippen molar-refractivity contribution in [3.8, 4) is 0 Å². The average molecular weight is 277 g/mol. The summed E-state index contributed by atoms with van der Waals surface area (Å²) in [5.74, 6) is 1.03. The molecule has 3 rings (SSSR count). The van der Waals surface area contributed by atoms with E-state index >= 15 is 0 Å². The molecular weight excluding hydrogens is 257 g/mol. The summed E-state index contributed by atoms with van der Waals surface area (Å²) in [4.78, 5) is 0. The summed E-state index contributed by atoms with van der Waals surface area (Å²) < 4.78 is 14.3. The van der Waals surface area contributed by atoms with Crippen LogP contribution in [0.25, 0.3) is 0 Å². The summed E-state index contributed by atoms with van der Waals surface area (Å²) in [6.07, 6.45) is 5.20. The lowest BCUT2D eigenvalue weighted by Gasteiger charge is -2.23. The zero-order valence-electron chi connectivity index (χ0n) is 11.3. The lowest BCUT2D eigenvalue weighted by Crippen LogP contribution is -2.33. The van der Waals surface area contributed by atoms with Crippen LogP contribution in [0.1, 0.15) is 36.8 Å². The molecule has 2 aliphatic rings. The number of oxime groups is 1. The van der Waals surface area contributed by atoms with Gasteiger partial charge in [0.05, 0.1) is 5.56 Å². The van der Waals surface area contributed by atoms with Crippen LogP contribution in [0.3, 0.4) is 0 Å². The molecule has 2 saturated carbocycles. The highest BCUT2D eigenvalue weighted by Gasteiger charge is 2.39. The van der Waals surface area contributed by atoms with Crippen molar-refractivity contribution in [2.75, 3.05) is 0 Å². The van der Waals surface area contributed by atoms with Crippen molar-refractivity contribution in [1.82, 2.24) is 5.32 Å². The summed E-state index contributed by atoms with van der Waals surface area (Å²) >= 11 is 0. The van der Waals surface area contributed by atoms with Gasteiger partial charge in [-0.2, -0.15) is 0 Å². The van der Waals surface area contributed by atoms with Gasteiger partial charge in [0.2, 0.25) is 0 Å². The fourth-order valence-corrected chi connectivity index (χ4v) is 3.70. The summed E-state index contributed by atoms with van der Waals surface area (Å²) in [6, 6.07) is 5.50. The van der Waals surface area contributed by atoms with Crippen LogP contribution >= 0.6 is 0 Å². The molecule has 0 aliphatic heterocycles. The number of hydrogen-bond acceptors (Lipinski definition) is 3. The van der Waals surface area contributed by atoms with Gasteiger partial charge in [-0.15, -0.1) is 0 Å². The molecule has 108 valence electrons. The Morgan fingerprint density at radius 1 is 1.40 bits per heavy atom. The Labute approximate surface area is 117 Å². The third-order valence-corrected chi connectivity index (χ3v) is 4.76. The van der Waals surface area contributed by atoms with Gasteiger partial charge in [0.1, 0.15) is 5.82 Å². The van der Waals surface area contributed by atoms with Crippen LogP contribution in [0.5, 0.6) is 0 Å². The standard InChI is InChI=1S/C15H20FN3O/c16-14-11(2-1-3-12(14)15(17)19-20)8-18-13-7-9-4-5-10(13)6-9/h1-3,9-10,13,18,20H,4-8H2,(H2,17,19). The zero-order chi connectivity index (χ0) is 14.1. The molecule has 0 heterocycles. The Balaban J connectivity index is 1.69. The Bertz CT molecular complexity index is 532. The van der Waals surface area contributed by atoms with Gasteiger partial charge in [0, 0.05) is 18.2 Å². The van der Waals surface area contributed by atoms with Gasteiger partial charge in [-0.1, -0.05) is 23.7 Å². The normalized spacial score (nSPS) is 29.1. The van der Waals surface area contributed by atoms with Crippen molar-refractivity contribution in [2.45, 2.75) is 38.3 Å². The molecule has 1 aromatic carbocycles. The molecule has 3 unspecified atom stereocenters. The Kier molecular flexibility index (Phi) is 3.61. The number of amidine groups is 1. The number of nitrogens with one attached hydrogen (secondary N) is 1. The SMILES string of the molecule is N/C(=N/O)c1cccc(CNC2CC3CCC2C3)c1F. The number of hydrogen-bond donors (Lipinski definition) is 3. The minimum atomic E-state index is -0.404. The summed E-state index contributed by atoms with van der Waals surface area (Å²) in [5, 5.41) is 15.0. The molecule has 2 bridgehead atoms. The van der Waals surface area contributed by atoms with Crippen molar-refractivity contribution < 1.29 is 9.60 Å². The minimum Gasteiger partial charge on any atom is -0.409 e. The van der Waals surface area contributed by atoms with Gasteiger partial charge in [-0.05, 0) is 37.2 Å². The second-order valence-electron chi connectivity index (χ2n) is 5.93. The van der Waals surface area contributed by atoms with E-state index in [4.69, 9.17) is 10.9 Å². The van der Waals surface area contributed by atoms with Gasteiger partial charge < -0.3 is 16.3 Å². The summed E-state index contributed by atoms with van der Waals surface area (Å²) in [5.41, 5.74) is 6.19. The molecule has 0 saturated heterocycles. The largest absolute Gasteiger partial charge is 0.409 e. The van der Waals surface area contributed by atoms with Gasteiger partial charge in [0.15, 0.2) is 5.84 Å². The van der Waals surface area contributed by atoms with E-state index in [9.17, 15) is 4.39 Å². The van der Waals surface area contributed by atoms with E-state index < -0.39 is 5.82 Å². The van der Waals surface area contributed by atoms with Crippen LogP contribution in [0.4, 0.5) is 4.39 Å². The number of nitrogens with two attached hydrogens (primary N) is 1. The maximum Gasteiger partial charge on any atom is 0.173 e. The smallest absolute Gasteiger partial charge is 0.173 e.